The van der Waals surface area contributed by atoms with Crippen molar-refractivity contribution in [3.05, 3.63) is 80.9 Å². The first-order valence-electron chi connectivity index (χ1n) is 7.87. The van der Waals surface area contributed by atoms with Crippen LogP contribution in [-0.2, 0) is 9.59 Å². The van der Waals surface area contributed by atoms with E-state index in [1.165, 1.54) is 36.2 Å². The Kier molecular flexibility index (Phi) is 4.29. The average molecular weight is 352 g/mol. The Labute approximate surface area is 149 Å². The molecule has 7 nitrogen and oxygen atoms in total. The van der Waals surface area contributed by atoms with Gasteiger partial charge in [-0.1, -0.05) is 29.8 Å². The van der Waals surface area contributed by atoms with Crippen LogP contribution in [0.4, 0.5) is 5.69 Å². The molecule has 1 aliphatic heterocycles. The minimum absolute atomic E-state index is 0.0322. The number of non-ortho nitro benzene ring substituents is 1. The largest absolute Gasteiger partial charge is 0.507 e. The molecule has 1 atom stereocenters. The number of likely N-dealkylation sites (N-methyl/N-ethyl adjacent to an activating group) is 1. The van der Waals surface area contributed by atoms with Gasteiger partial charge in [0, 0.05) is 24.7 Å². The number of ketones is 1. The van der Waals surface area contributed by atoms with Gasteiger partial charge in [0.25, 0.3) is 17.4 Å². The van der Waals surface area contributed by atoms with Crippen molar-refractivity contribution in [2.75, 3.05) is 7.05 Å². The van der Waals surface area contributed by atoms with Crippen LogP contribution in [0.15, 0.2) is 54.1 Å². The van der Waals surface area contributed by atoms with Crippen LogP contribution in [0, 0.1) is 17.0 Å². The normalized spacial score (nSPS) is 19.0. The number of carbonyl (C=O) groups excluding carboxylic acids is 2. The number of rotatable bonds is 3. The molecular formula is C19H16N2O5. The highest BCUT2D eigenvalue weighted by Crippen LogP contribution is 2.38. The maximum absolute atomic E-state index is 12.4. The summed E-state index contributed by atoms with van der Waals surface area (Å²) in [6.45, 7) is 1.89. The monoisotopic (exact) mass is 352 g/mol. The van der Waals surface area contributed by atoms with Crippen LogP contribution < -0.4 is 0 Å². The standard InChI is InChI=1S/C19H16N2O5/c1-11-3-5-13(6-4-11)17(22)15-16(20(2)19(24)18(15)23)12-7-9-14(10-8-12)21(25)26/h3-10,16,22H,1-2H3/t16-/m0/s1. The second kappa shape index (κ2) is 6.44. The van der Waals surface area contributed by atoms with Gasteiger partial charge < -0.3 is 10.0 Å². The number of nitro benzene ring substituents is 1. The summed E-state index contributed by atoms with van der Waals surface area (Å²) in [4.78, 5) is 36.1. The Morgan fingerprint density at radius 3 is 2.19 bits per heavy atom. The van der Waals surface area contributed by atoms with Crippen molar-refractivity contribution in [2.24, 2.45) is 0 Å². The summed E-state index contributed by atoms with van der Waals surface area (Å²) in [5.41, 5.74) is 1.79. The zero-order valence-electron chi connectivity index (χ0n) is 14.2. The molecule has 0 aromatic heterocycles. The van der Waals surface area contributed by atoms with Crippen LogP contribution in [0.5, 0.6) is 0 Å². The number of aliphatic hydroxyl groups is 1. The maximum Gasteiger partial charge on any atom is 0.295 e. The molecule has 1 aliphatic rings. The van der Waals surface area contributed by atoms with Gasteiger partial charge in [0.1, 0.15) is 5.76 Å². The second-order valence-electron chi connectivity index (χ2n) is 6.12. The Morgan fingerprint density at radius 1 is 1.08 bits per heavy atom. The van der Waals surface area contributed by atoms with Gasteiger partial charge in [0.15, 0.2) is 0 Å². The summed E-state index contributed by atoms with van der Waals surface area (Å²) in [6.07, 6.45) is 0. The summed E-state index contributed by atoms with van der Waals surface area (Å²) >= 11 is 0. The molecule has 1 heterocycles. The molecule has 0 bridgehead atoms. The Morgan fingerprint density at radius 2 is 1.65 bits per heavy atom. The predicted octanol–water partition coefficient (Wildman–Crippen LogP) is 2.95. The zero-order chi connectivity index (χ0) is 19.0. The minimum Gasteiger partial charge on any atom is -0.507 e. The molecule has 2 aromatic carbocycles. The summed E-state index contributed by atoms with van der Waals surface area (Å²) in [6, 6.07) is 11.7. The van der Waals surface area contributed by atoms with E-state index in [0.29, 0.717) is 11.1 Å². The summed E-state index contributed by atoms with van der Waals surface area (Å²) < 4.78 is 0. The van der Waals surface area contributed by atoms with Crippen molar-refractivity contribution in [1.29, 1.82) is 0 Å². The first kappa shape index (κ1) is 17.3. The Balaban J connectivity index is 2.13. The van der Waals surface area contributed by atoms with Gasteiger partial charge in [-0.05, 0) is 24.6 Å². The molecule has 0 aliphatic carbocycles. The lowest BCUT2D eigenvalue weighted by atomic mass is 9.95. The van der Waals surface area contributed by atoms with E-state index in [0.717, 1.165) is 5.56 Å². The first-order chi connectivity index (χ1) is 12.3. The molecule has 26 heavy (non-hydrogen) atoms. The van der Waals surface area contributed by atoms with E-state index in [1.54, 1.807) is 24.3 Å². The Bertz CT molecular complexity index is 929. The van der Waals surface area contributed by atoms with E-state index in [2.05, 4.69) is 0 Å². The van der Waals surface area contributed by atoms with E-state index in [4.69, 9.17) is 0 Å². The van der Waals surface area contributed by atoms with Gasteiger partial charge >= 0.3 is 0 Å². The molecule has 1 fully saturated rings. The lowest BCUT2D eigenvalue weighted by molar-refractivity contribution is -0.384. The van der Waals surface area contributed by atoms with Crippen LogP contribution in [0.25, 0.3) is 5.76 Å². The molecule has 0 spiro atoms. The van der Waals surface area contributed by atoms with E-state index in [9.17, 15) is 24.8 Å². The van der Waals surface area contributed by atoms with Gasteiger partial charge in [-0.2, -0.15) is 0 Å². The van der Waals surface area contributed by atoms with Gasteiger partial charge in [-0.15, -0.1) is 0 Å². The number of likely N-dealkylation sites (tertiary alicyclic amines) is 1. The average Bonchev–Trinajstić information content (AvgIpc) is 2.86. The number of benzene rings is 2. The molecule has 2 aromatic rings. The lowest BCUT2D eigenvalue weighted by Gasteiger charge is -2.20. The maximum atomic E-state index is 12.4. The quantitative estimate of drug-likeness (QED) is 0.301. The number of Topliss-reactive ketones (excluding diaryl/α,β-unsaturated/α-hetero) is 1. The van der Waals surface area contributed by atoms with Crippen LogP contribution in [0.2, 0.25) is 0 Å². The van der Waals surface area contributed by atoms with Gasteiger partial charge in [0.05, 0.1) is 16.5 Å². The number of nitrogens with zero attached hydrogens (tertiary/aromatic N) is 2. The van der Waals surface area contributed by atoms with Crippen LogP contribution >= 0.6 is 0 Å². The van der Waals surface area contributed by atoms with Crippen LogP contribution in [0.1, 0.15) is 22.7 Å². The molecule has 7 heteroatoms. The molecule has 1 amide bonds. The van der Waals surface area contributed by atoms with Crippen molar-refractivity contribution >= 4 is 23.1 Å². The van der Waals surface area contributed by atoms with E-state index < -0.39 is 22.7 Å². The molecule has 1 N–H and O–H groups in total. The van der Waals surface area contributed by atoms with Crippen molar-refractivity contribution in [1.82, 2.24) is 4.90 Å². The molecule has 0 saturated carbocycles. The van der Waals surface area contributed by atoms with E-state index in [1.807, 2.05) is 6.92 Å². The summed E-state index contributed by atoms with van der Waals surface area (Å²) in [7, 11) is 1.46. The molecule has 0 radical (unpaired) electrons. The highest BCUT2D eigenvalue weighted by molar-refractivity contribution is 6.46. The van der Waals surface area contributed by atoms with Crippen molar-refractivity contribution in [3.63, 3.8) is 0 Å². The smallest absolute Gasteiger partial charge is 0.295 e. The lowest BCUT2D eigenvalue weighted by Crippen LogP contribution is -2.24. The summed E-state index contributed by atoms with van der Waals surface area (Å²) in [5.74, 6) is -1.79. The fourth-order valence-electron chi connectivity index (χ4n) is 2.98. The number of aryl methyl sites for hydroxylation is 1. The fraction of sp³-hybridized carbons (Fsp3) is 0.158. The predicted molar refractivity (Wildman–Crippen MR) is 94.3 cm³/mol. The number of carbonyl (C=O) groups is 2. The highest BCUT2D eigenvalue weighted by Gasteiger charge is 2.44. The minimum atomic E-state index is -0.808. The highest BCUT2D eigenvalue weighted by atomic mass is 16.6. The second-order valence-corrected chi connectivity index (χ2v) is 6.12. The zero-order valence-corrected chi connectivity index (χ0v) is 14.2. The molecule has 3 rings (SSSR count). The van der Waals surface area contributed by atoms with Gasteiger partial charge in [0.2, 0.25) is 0 Å². The SMILES string of the molecule is Cc1ccc(C(O)=C2C(=O)C(=O)N(C)[C@H]2c2ccc([N+](=O)[O-])cc2)cc1. The van der Waals surface area contributed by atoms with Crippen molar-refractivity contribution in [2.45, 2.75) is 13.0 Å². The fourth-order valence-corrected chi connectivity index (χ4v) is 2.98. The van der Waals surface area contributed by atoms with Crippen LogP contribution in [0.3, 0.4) is 0 Å². The Hall–Kier alpha value is -3.48. The van der Waals surface area contributed by atoms with Crippen LogP contribution in [-0.4, -0.2) is 33.7 Å². The molecule has 132 valence electrons. The van der Waals surface area contributed by atoms with Crippen molar-refractivity contribution < 1.29 is 19.6 Å². The first-order valence-corrected chi connectivity index (χ1v) is 7.87. The third-order valence-electron chi connectivity index (χ3n) is 4.42. The topological polar surface area (TPSA) is 101 Å². The van der Waals surface area contributed by atoms with Crippen molar-refractivity contribution in [3.8, 4) is 0 Å². The number of aliphatic hydroxyl groups excluding tert-OH is 1. The third kappa shape index (κ3) is 2.83. The number of hydrogen-bond acceptors (Lipinski definition) is 5. The van der Waals surface area contributed by atoms with E-state index >= 15 is 0 Å². The third-order valence-corrected chi connectivity index (χ3v) is 4.42. The van der Waals surface area contributed by atoms with Gasteiger partial charge in [-0.25, -0.2) is 0 Å². The summed E-state index contributed by atoms with van der Waals surface area (Å²) in [5, 5.41) is 21.5. The molecular weight excluding hydrogens is 336 g/mol. The number of hydrogen-bond donors (Lipinski definition) is 1. The number of nitro groups is 1. The molecule has 1 saturated heterocycles. The molecule has 0 unspecified atom stereocenters. The number of amides is 1. The van der Waals surface area contributed by atoms with E-state index in [-0.39, 0.29) is 17.0 Å². The van der Waals surface area contributed by atoms with Gasteiger partial charge in [-0.3, -0.25) is 19.7 Å².